The second-order valence-electron chi connectivity index (χ2n) is 7.29. The van der Waals surface area contributed by atoms with Gasteiger partial charge in [0.25, 0.3) is 0 Å². The molecule has 1 rings (SSSR count). The smallest absolute Gasteiger partial charge is 0.341 e. The summed E-state index contributed by atoms with van der Waals surface area (Å²) in [4.78, 5) is 23.1. The van der Waals surface area contributed by atoms with E-state index in [0.717, 1.165) is 44.6 Å². The Morgan fingerprint density at radius 1 is 0.828 bits per heavy atom. The van der Waals surface area contributed by atoms with E-state index >= 15 is 0 Å². The van der Waals surface area contributed by atoms with Crippen LogP contribution in [0.5, 0.6) is 11.5 Å². The molecule has 0 saturated carbocycles. The van der Waals surface area contributed by atoms with Crippen LogP contribution in [0.4, 0.5) is 0 Å². The number of rotatable bonds is 15. The summed E-state index contributed by atoms with van der Waals surface area (Å²) >= 11 is 0. The van der Waals surface area contributed by atoms with Crippen molar-refractivity contribution in [3.05, 3.63) is 35.9 Å². The molecule has 0 radical (unpaired) electrons. The second kappa shape index (κ2) is 14.5. The van der Waals surface area contributed by atoms with Crippen molar-refractivity contribution in [1.82, 2.24) is 0 Å². The van der Waals surface area contributed by atoms with Crippen molar-refractivity contribution >= 4 is 11.9 Å². The van der Waals surface area contributed by atoms with E-state index in [4.69, 9.17) is 9.47 Å². The molecule has 6 heteroatoms. The van der Waals surface area contributed by atoms with E-state index in [1.807, 2.05) is 0 Å². The minimum atomic E-state index is -0.572. The van der Waals surface area contributed by atoms with Gasteiger partial charge in [0, 0.05) is 11.6 Å². The summed E-state index contributed by atoms with van der Waals surface area (Å²) in [5.74, 6) is -1.25. The highest BCUT2D eigenvalue weighted by Gasteiger charge is 2.12. The summed E-state index contributed by atoms with van der Waals surface area (Å²) in [5.41, 5.74) is 0.511. The fourth-order valence-electron chi connectivity index (χ4n) is 2.84. The van der Waals surface area contributed by atoms with Gasteiger partial charge >= 0.3 is 11.9 Å². The lowest BCUT2D eigenvalue weighted by atomic mass is 10.1. The van der Waals surface area contributed by atoms with Crippen molar-refractivity contribution in [3.8, 4) is 11.5 Å². The van der Waals surface area contributed by atoms with E-state index in [2.05, 4.69) is 6.58 Å². The van der Waals surface area contributed by atoms with Gasteiger partial charge in [-0.1, -0.05) is 57.9 Å². The Morgan fingerprint density at radius 2 is 1.31 bits per heavy atom. The standard InChI is InChI=1S/C23H34O6/c1-18(2)22(26)28-15-11-9-7-5-3-4-6-8-10-12-16-29-23(27)20-14-13-19(24)17-21(20)25/h13-14,17,24-25H,1,3-12,15-16H2,2H3. The van der Waals surface area contributed by atoms with Gasteiger partial charge in [0.15, 0.2) is 0 Å². The number of carbonyl (C=O) groups excluding carboxylic acids is 2. The van der Waals surface area contributed by atoms with Crippen molar-refractivity contribution < 1.29 is 29.3 Å². The van der Waals surface area contributed by atoms with E-state index in [1.165, 1.54) is 37.8 Å². The van der Waals surface area contributed by atoms with Crippen LogP contribution in [0.2, 0.25) is 0 Å². The SMILES string of the molecule is C=C(C)C(=O)OCCCCCCCCCCCCOC(=O)c1ccc(O)cc1O. The van der Waals surface area contributed by atoms with Crippen molar-refractivity contribution in [2.24, 2.45) is 0 Å². The highest BCUT2D eigenvalue weighted by atomic mass is 16.5. The van der Waals surface area contributed by atoms with Gasteiger partial charge in [-0.15, -0.1) is 0 Å². The molecular formula is C23H34O6. The molecule has 1 aromatic carbocycles. The molecule has 1 aromatic rings. The first kappa shape index (κ1) is 24.5. The Morgan fingerprint density at radius 3 is 1.79 bits per heavy atom. The molecule has 0 aliphatic heterocycles. The van der Waals surface area contributed by atoms with Gasteiger partial charge in [-0.05, 0) is 31.9 Å². The first-order valence-corrected chi connectivity index (χ1v) is 10.4. The van der Waals surface area contributed by atoms with Crippen LogP contribution in [-0.2, 0) is 14.3 Å². The highest BCUT2D eigenvalue weighted by Crippen LogP contribution is 2.23. The fourth-order valence-corrected chi connectivity index (χ4v) is 2.84. The van der Waals surface area contributed by atoms with E-state index < -0.39 is 5.97 Å². The lowest BCUT2D eigenvalue weighted by molar-refractivity contribution is -0.139. The third kappa shape index (κ3) is 11.2. The number of unbranched alkanes of at least 4 members (excludes halogenated alkanes) is 9. The number of carbonyl (C=O) groups is 2. The molecule has 0 aliphatic rings. The monoisotopic (exact) mass is 406 g/mol. The van der Waals surface area contributed by atoms with Gasteiger partial charge in [-0.2, -0.15) is 0 Å². The zero-order chi connectivity index (χ0) is 21.5. The topological polar surface area (TPSA) is 93.1 Å². The Balaban J connectivity index is 1.89. The number of ether oxygens (including phenoxy) is 2. The van der Waals surface area contributed by atoms with Crippen LogP contribution in [0.3, 0.4) is 0 Å². The number of esters is 2. The van der Waals surface area contributed by atoms with E-state index in [-0.39, 0.29) is 23.0 Å². The Hall–Kier alpha value is -2.50. The summed E-state index contributed by atoms with van der Waals surface area (Å²) in [7, 11) is 0. The molecule has 162 valence electrons. The zero-order valence-corrected chi connectivity index (χ0v) is 17.5. The van der Waals surface area contributed by atoms with Crippen molar-refractivity contribution in [2.75, 3.05) is 13.2 Å². The Kier molecular flexibility index (Phi) is 12.3. The third-order valence-corrected chi connectivity index (χ3v) is 4.55. The van der Waals surface area contributed by atoms with E-state index in [1.54, 1.807) is 6.92 Å². The van der Waals surface area contributed by atoms with Gasteiger partial charge < -0.3 is 19.7 Å². The lowest BCUT2D eigenvalue weighted by Crippen LogP contribution is -2.06. The molecule has 6 nitrogen and oxygen atoms in total. The molecule has 0 aromatic heterocycles. The minimum absolute atomic E-state index is 0.0665. The molecule has 29 heavy (non-hydrogen) atoms. The molecule has 0 amide bonds. The number of phenolic OH excluding ortho intramolecular Hbond substituents is 2. The fraction of sp³-hybridized carbons (Fsp3) is 0.565. The van der Waals surface area contributed by atoms with E-state index in [0.29, 0.717) is 18.8 Å². The average molecular weight is 407 g/mol. The number of hydrogen-bond donors (Lipinski definition) is 2. The maximum atomic E-state index is 11.8. The zero-order valence-electron chi connectivity index (χ0n) is 17.5. The van der Waals surface area contributed by atoms with Crippen LogP contribution in [-0.4, -0.2) is 35.4 Å². The maximum Gasteiger partial charge on any atom is 0.341 e. The molecule has 2 N–H and O–H groups in total. The molecule has 0 saturated heterocycles. The summed E-state index contributed by atoms with van der Waals surface area (Å²) < 4.78 is 10.2. The van der Waals surface area contributed by atoms with E-state index in [9.17, 15) is 19.8 Å². The van der Waals surface area contributed by atoms with Crippen LogP contribution < -0.4 is 0 Å². The normalized spacial score (nSPS) is 10.5. The molecule has 0 bridgehead atoms. The predicted octanol–water partition coefficient (Wildman–Crippen LogP) is 5.27. The molecule has 0 heterocycles. The maximum absolute atomic E-state index is 11.8. The highest BCUT2D eigenvalue weighted by molar-refractivity contribution is 5.92. The van der Waals surface area contributed by atoms with Crippen molar-refractivity contribution in [1.29, 1.82) is 0 Å². The molecule has 0 spiro atoms. The summed E-state index contributed by atoms with van der Waals surface area (Å²) in [5, 5.41) is 18.8. The van der Waals surface area contributed by atoms with Crippen LogP contribution in [0, 0.1) is 0 Å². The van der Waals surface area contributed by atoms with Gasteiger partial charge in [0.05, 0.1) is 13.2 Å². The van der Waals surface area contributed by atoms with Crippen molar-refractivity contribution in [2.45, 2.75) is 71.1 Å². The van der Waals surface area contributed by atoms with Crippen LogP contribution in [0.15, 0.2) is 30.4 Å². The first-order valence-electron chi connectivity index (χ1n) is 10.4. The van der Waals surface area contributed by atoms with Gasteiger partial charge in [0.1, 0.15) is 17.1 Å². The Bertz CT molecular complexity index is 653. The number of benzene rings is 1. The van der Waals surface area contributed by atoms with Crippen LogP contribution in [0.25, 0.3) is 0 Å². The summed E-state index contributed by atoms with van der Waals surface area (Å²) in [6, 6.07) is 3.81. The Labute approximate surface area is 173 Å². The predicted molar refractivity (Wildman–Crippen MR) is 112 cm³/mol. The van der Waals surface area contributed by atoms with Gasteiger partial charge in [0.2, 0.25) is 0 Å². The average Bonchev–Trinajstić information content (AvgIpc) is 2.67. The number of hydrogen-bond acceptors (Lipinski definition) is 6. The third-order valence-electron chi connectivity index (χ3n) is 4.55. The lowest BCUT2D eigenvalue weighted by Gasteiger charge is -2.07. The van der Waals surface area contributed by atoms with Crippen molar-refractivity contribution in [3.63, 3.8) is 0 Å². The molecule has 0 unspecified atom stereocenters. The summed E-state index contributed by atoms with van der Waals surface area (Å²) in [6.45, 7) is 6.00. The van der Waals surface area contributed by atoms with Gasteiger partial charge in [-0.3, -0.25) is 0 Å². The second-order valence-corrected chi connectivity index (χ2v) is 7.29. The molecule has 0 fully saturated rings. The largest absolute Gasteiger partial charge is 0.508 e. The minimum Gasteiger partial charge on any atom is -0.508 e. The summed E-state index contributed by atoms with van der Waals surface area (Å²) in [6.07, 6.45) is 10.8. The molecule has 0 aliphatic carbocycles. The van der Waals surface area contributed by atoms with Crippen LogP contribution >= 0.6 is 0 Å². The van der Waals surface area contributed by atoms with Gasteiger partial charge in [-0.25, -0.2) is 9.59 Å². The number of phenols is 2. The molecule has 0 atom stereocenters. The van der Waals surface area contributed by atoms with Crippen LogP contribution in [0.1, 0.15) is 81.5 Å². The quantitative estimate of drug-likeness (QED) is 0.234. The molecular weight excluding hydrogens is 372 g/mol. The first-order chi connectivity index (χ1) is 13.9. The number of aromatic hydroxyl groups is 2.